The number of benzene rings is 1. The second-order valence-electron chi connectivity index (χ2n) is 5.73. The number of nitrogens with two attached hydrogens (primary N) is 1. The molecule has 0 aliphatic carbocycles. The van der Waals surface area contributed by atoms with Crippen LogP contribution in [0.15, 0.2) is 48.1 Å². The van der Waals surface area contributed by atoms with Crippen LogP contribution in [0.25, 0.3) is 21.8 Å². The SMILES string of the molecule is CC(C)COc1ccc(-c2nc(-c3ccncc3)cs2)cc1N. The van der Waals surface area contributed by atoms with Crippen molar-refractivity contribution < 1.29 is 4.74 Å². The third-order valence-electron chi connectivity index (χ3n) is 3.31. The number of nitrogen functional groups attached to an aromatic ring is 1. The lowest BCUT2D eigenvalue weighted by Crippen LogP contribution is -2.06. The van der Waals surface area contributed by atoms with Crippen molar-refractivity contribution in [3.8, 4) is 27.6 Å². The Balaban J connectivity index is 1.82. The molecule has 23 heavy (non-hydrogen) atoms. The fourth-order valence-corrected chi connectivity index (χ4v) is 2.96. The van der Waals surface area contributed by atoms with Gasteiger partial charge in [0.2, 0.25) is 0 Å². The van der Waals surface area contributed by atoms with Crippen molar-refractivity contribution in [3.05, 3.63) is 48.1 Å². The number of anilines is 1. The van der Waals surface area contributed by atoms with Crippen molar-refractivity contribution in [2.24, 2.45) is 5.92 Å². The second-order valence-corrected chi connectivity index (χ2v) is 6.59. The van der Waals surface area contributed by atoms with Crippen LogP contribution in [0.5, 0.6) is 5.75 Å². The zero-order chi connectivity index (χ0) is 16.2. The van der Waals surface area contributed by atoms with E-state index in [9.17, 15) is 0 Å². The van der Waals surface area contributed by atoms with E-state index in [1.807, 2.05) is 35.7 Å². The van der Waals surface area contributed by atoms with E-state index >= 15 is 0 Å². The quantitative estimate of drug-likeness (QED) is 0.702. The lowest BCUT2D eigenvalue weighted by Gasteiger charge is -2.11. The summed E-state index contributed by atoms with van der Waals surface area (Å²) in [6.07, 6.45) is 3.54. The van der Waals surface area contributed by atoms with E-state index in [2.05, 4.69) is 18.8 Å². The van der Waals surface area contributed by atoms with E-state index in [1.54, 1.807) is 23.7 Å². The Labute approximate surface area is 140 Å². The molecule has 0 spiro atoms. The van der Waals surface area contributed by atoms with Crippen LogP contribution in [0, 0.1) is 5.92 Å². The summed E-state index contributed by atoms with van der Waals surface area (Å²) in [5, 5.41) is 2.99. The van der Waals surface area contributed by atoms with Crippen LogP contribution in [0.4, 0.5) is 5.69 Å². The molecule has 0 unspecified atom stereocenters. The molecule has 118 valence electrons. The first-order valence-electron chi connectivity index (χ1n) is 7.52. The molecule has 0 aliphatic rings. The zero-order valence-electron chi connectivity index (χ0n) is 13.2. The predicted molar refractivity (Wildman–Crippen MR) is 95.5 cm³/mol. The maximum absolute atomic E-state index is 6.11. The van der Waals surface area contributed by atoms with Crippen molar-refractivity contribution in [3.63, 3.8) is 0 Å². The lowest BCUT2D eigenvalue weighted by molar-refractivity contribution is 0.272. The minimum atomic E-state index is 0.468. The lowest BCUT2D eigenvalue weighted by atomic mass is 10.2. The molecule has 0 radical (unpaired) electrons. The highest BCUT2D eigenvalue weighted by Crippen LogP contribution is 2.32. The highest BCUT2D eigenvalue weighted by molar-refractivity contribution is 7.13. The molecule has 2 N–H and O–H groups in total. The summed E-state index contributed by atoms with van der Waals surface area (Å²) < 4.78 is 5.71. The van der Waals surface area contributed by atoms with E-state index in [-0.39, 0.29) is 0 Å². The molecular formula is C18H19N3OS. The molecule has 2 heterocycles. The number of hydrogen-bond donors (Lipinski definition) is 1. The molecule has 0 saturated carbocycles. The summed E-state index contributed by atoms with van der Waals surface area (Å²) in [6.45, 7) is 4.88. The smallest absolute Gasteiger partial charge is 0.142 e. The van der Waals surface area contributed by atoms with Crippen LogP contribution in [0.2, 0.25) is 0 Å². The summed E-state index contributed by atoms with van der Waals surface area (Å²) in [6, 6.07) is 9.75. The van der Waals surface area contributed by atoms with E-state index < -0.39 is 0 Å². The Bertz CT molecular complexity index is 784. The monoisotopic (exact) mass is 325 g/mol. The van der Waals surface area contributed by atoms with Gasteiger partial charge in [0.25, 0.3) is 0 Å². The number of nitrogens with zero attached hydrogens (tertiary/aromatic N) is 2. The van der Waals surface area contributed by atoms with Gasteiger partial charge in [-0.15, -0.1) is 11.3 Å². The predicted octanol–water partition coefficient (Wildman–Crippen LogP) is 4.49. The van der Waals surface area contributed by atoms with Crippen LogP contribution < -0.4 is 10.5 Å². The molecule has 0 atom stereocenters. The van der Waals surface area contributed by atoms with E-state index in [4.69, 9.17) is 15.5 Å². The van der Waals surface area contributed by atoms with Gasteiger partial charge in [-0.3, -0.25) is 4.98 Å². The molecule has 4 nitrogen and oxygen atoms in total. The molecule has 0 saturated heterocycles. The topological polar surface area (TPSA) is 61.0 Å². The van der Waals surface area contributed by atoms with Gasteiger partial charge in [-0.2, -0.15) is 0 Å². The van der Waals surface area contributed by atoms with Crippen LogP contribution in [0.1, 0.15) is 13.8 Å². The molecule has 3 aromatic rings. The van der Waals surface area contributed by atoms with Crippen LogP contribution in [-0.4, -0.2) is 16.6 Å². The van der Waals surface area contributed by atoms with Gasteiger partial charge in [-0.05, 0) is 36.2 Å². The van der Waals surface area contributed by atoms with Crippen LogP contribution in [-0.2, 0) is 0 Å². The Morgan fingerprint density at radius 1 is 1.13 bits per heavy atom. The van der Waals surface area contributed by atoms with Crippen LogP contribution >= 0.6 is 11.3 Å². The van der Waals surface area contributed by atoms with Gasteiger partial charge in [0.1, 0.15) is 10.8 Å². The van der Waals surface area contributed by atoms with E-state index in [1.165, 1.54) is 0 Å². The van der Waals surface area contributed by atoms with Crippen molar-refractivity contribution in [1.29, 1.82) is 0 Å². The van der Waals surface area contributed by atoms with Gasteiger partial charge in [-0.25, -0.2) is 4.98 Å². The van der Waals surface area contributed by atoms with Gasteiger partial charge >= 0.3 is 0 Å². The first kappa shape index (κ1) is 15.5. The van der Waals surface area contributed by atoms with Gasteiger partial charge in [0.05, 0.1) is 18.0 Å². The van der Waals surface area contributed by atoms with Crippen molar-refractivity contribution in [2.75, 3.05) is 12.3 Å². The average Bonchev–Trinajstić information content (AvgIpc) is 3.04. The van der Waals surface area contributed by atoms with E-state index in [0.717, 1.165) is 27.6 Å². The molecule has 0 bridgehead atoms. The number of rotatable bonds is 5. The molecule has 5 heteroatoms. The molecule has 0 fully saturated rings. The summed E-state index contributed by atoms with van der Waals surface area (Å²) >= 11 is 1.60. The summed E-state index contributed by atoms with van der Waals surface area (Å²) in [7, 11) is 0. The zero-order valence-corrected chi connectivity index (χ0v) is 14.0. The minimum Gasteiger partial charge on any atom is -0.491 e. The van der Waals surface area contributed by atoms with Crippen molar-refractivity contribution in [1.82, 2.24) is 9.97 Å². The van der Waals surface area contributed by atoms with Gasteiger partial charge in [0, 0.05) is 28.9 Å². The number of aromatic nitrogens is 2. The molecule has 2 aromatic heterocycles. The molecule has 1 aromatic carbocycles. The van der Waals surface area contributed by atoms with Crippen molar-refractivity contribution >= 4 is 17.0 Å². The maximum atomic E-state index is 6.11. The Morgan fingerprint density at radius 2 is 1.91 bits per heavy atom. The van der Waals surface area contributed by atoms with Crippen molar-refractivity contribution in [2.45, 2.75) is 13.8 Å². The average molecular weight is 325 g/mol. The molecule has 0 amide bonds. The first-order valence-corrected chi connectivity index (χ1v) is 8.40. The number of ether oxygens (including phenoxy) is 1. The summed E-state index contributed by atoms with van der Waals surface area (Å²) in [5.74, 6) is 1.20. The Kier molecular flexibility index (Phi) is 4.57. The normalized spacial score (nSPS) is 10.9. The first-order chi connectivity index (χ1) is 11.1. The fourth-order valence-electron chi connectivity index (χ4n) is 2.13. The van der Waals surface area contributed by atoms with Gasteiger partial charge in [0.15, 0.2) is 0 Å². The number of pyridine rings is 1. The molecular weight excluding hydrogens is 306 g/mol. The summed E-state index contributed by atoms with van der Waals surface area (Å²) in [5.41, 5.74) is 9.77. The standard InChI is InChI=1S/C18H19N3OS/c1-12(2)10-22-17-4-3-14(9-15(17)19)18-21-16(11-23-18)13-5-7-20-8-6-13/h3-9,11-12H,10,19H2,1-2H3. The highest BCUT2D eigenvalue weighted by Gasteiger charge is 2.09. The van der Waals surface area contributed by atoms with Gasteiger partial charge in [-0.1, -0.05) is 13.8 Å². The molecule has 0 aliphatic heterocycles. The van der Waals surface area contributed by atoms with Crippen LogP contribution in [0.3, 0.4) is 0 Å². The summed E-state index contributed by atoms with van der Waals surface area (Å²) in [4.78, 5) is 8.72. The van der Waals surface area contributed by atoms with E-state index in [0.29, 0.717) is 18.2 Å². The largest absolute Gasteiger partial charge is 0.491 e. The third kappa shape index (κ3) is 3.68. The number of hydrogen-bond acceptors (Lipinski definition) is 5. The third-order valence-corrected chi connectivity index (χ3v) is 4.20. The Hall–Kier alpha value is -2.40. The van der Waals surface area contributed by atoms with Gasteiger partial charge < -0.3 is 10.5 Å². The highest BCUT2D eigenvalue weighted by atomic mass is 32.1. The Morgan fingerprint density at radius 3 is 2.61 bits per heavy atom. The molecule has 3 rings (SSSR count). The fraction of sp³-hybridized carbons (Fsp3) is 0.222. The second kappa shape index (κ2) is 6.79. The maximum Gasteiger partial charge on any atom is 0.142 e. The number of thiazole rings is 1. The minimum absolute atomic E-state index is 0.468.